The van der Waals surface area contributed by atoms with E-state index in [1.165, 1.54) is 82.2 Å². The van der Waals surface area contributed by atoms with Gasteiger partial charge in [0.05, 0.1) is 0 Å². The summed E-state index contributed by atoms with van der Waals surface area (Å²) in [6, 6.07) is 0. The average molecular weight is 325 g/mol. The molecule has 0 bridgehead atoms. The van der Waals surface area contributed by atoms with Gasteiger partial charge in [-0.25, -0.2) is 4.98 Å². The van der Waals surface area contributed by atoms with Crippen LogP contribution in [0.1, 0.15) is 90.9 Å². The maximum Gasteiger partial charge on any atom is 0.167 e. The molecule has 0 unspecified atom stereocenters. The zero-order valence-electron chi connectivity index (χ0n) is 15.0. The molecular weight excluding hydrogens is 288 g/mol. The lowest BCUT2D eigenvalue weighted by Gasteiger charge is -2.16. The summed E-state index contributed by atoms with van der Waals surface area (Å²) in [6.45, 7) is 4.58. The molecule has 1 aromatic heterocycles. The number of imidazole rings is 1. The molecule has 128 valence electrons. The lowest BCUT2D eigenvalue weighted by molar-refractivity contribution is 0.550. The van der Waals surface area contributed by atoms with Gasteiger partial charge in [-0.05, 0) is 12.8 Å². The van der Waals surface area contributed by atoms with Crippen LogP contribution in [0, 0.1) is 0 Å². The van der Waals surface area contributed by atoms with Gasteiger partial charge in [-0.3, -0.25) is 0 Å². The van der Waals surface area contributed by atoms with Crippen LogP contribution in [0.4, 0.5) is 0 Å². The summed E-state index contributed by atoms with van der Waals surface area (Å²) in [6.07, 6.45) is 20.6. The number of rotatable bonds is 14. The van der Waals surface area contributed by atoms with Crippen molar-refractivity contribution < 1.29 is 0 Å². The van der Waals surface area contributed by atoms with Gasteiger partial charge in [0.15, 0.2) is 5.16 Å². The Hall–Kier alpha value is -0.440. The third-order valence-corrected chi connectivity index (χ3v) is 5.72. The van der Waals surface area contributed by atoms with Crippen LogP contribution in [0.3, 0.4) is 0 Å². The summed E-state index contributed by atoms with van der Waals surface area (Å²) < 4.78 is 2.16. The highest BCUT2D eigenvalue weighted by Gasteiger charge is 2.13. The van der Waals surface area contributed by atoms with Crippen LogP contribution in [0.2, 0.25) is 0 Å². The van der Waals surface area contributed by atoms with Gasteiger partial charge in [0.2, 0.25) is 0 Å². The molecule has 0 saturated carbocycles. The molecule has 0 aliphatic heterocycles. The molecule has 3 heteroatoms. The topological polar surface area (TPSA) is 17.8 Å². The third-order valence-electron chi connectivity index (χ3n) is 4.31. The van der Waals surface area contributed by atoms with E-state index in [1.54, 1.807) is 0 Å². The van der Waals surface area contributed by atoms with Crippen LogP contribution < -0.4 is 0 Å². The van der Waals surface area contributed by atoms with Crippen molar-refractivity contribution in [2.45, 2.75) is 101 Å². The first kappa shape index (κ1) is 19.6. The molecule has 0 aliphatic rings. The summed E-state index contributed by atoms with van der Waals surface area (Å²) in [5.74, 6) is 0. The summed E-state index contributed by atoms with van der Waals surface area (Å²) in [4.78, 5) is 4.50. The van der Waals surface area contributed by atoms with Crippen LogP contribution in [0.5, 0.6) is 0 Å². The number of unbranched alkanes of at least 4 members (excludes halogenated alkanes) is 8. The predicted molar refractivity (Wildman–Crippen MR) is 99.6 cm³/mol. The number of aromatic nitrogens is 2. The smallest absolute Gasteiger partial charge is 0.167 e. The lowest BCUT2D eigenvalue weighted by atomic mass is 10.0. The Balaban J connectivity index is 2.30. The average Bonchev–Trinajstić information content (AvgIpc) is 2.91. The van der Waals surface area contributed by atoms with E-state index in [9.17, 15) is 0 Å². The Kier molecular flexibility index (Phi) is 11.6. The van der Waals surface area contributed by atoms with Gasteiger partial charge in [0.25, 0.3) is 0 Å². The molecule has 0 aliphatic carbocycles. The second kappa shape index (κ2) is 13.0. The van der Waals surface area contributed by atoms with E-state index < -0.39 is 0 Å². The van der Waals surface area contributed by atoms with Crippen LogP contribution >= 0.6 is 11.8 Å². The summed E-state index contributed by atoms with van der Waals surface area (Å²) in [5.41, 5.74) is 0. The fourth-order valence-electron chi connectivity index (χ4n) is 2.83. The molecule has 0 N–H and O–H groups in total. The second-order valence-electron chi connectivity index (χ2n) is 6.47. The van der Waals surface area contributed by atoms with Crippen LogP contribution in [0.15, 0.2) is 17.6 Å². The van der Waals surface area contributed by atoms with E-state index in [0.717, 1.165) is 5.25 Å². The van der Waals surface area contributed by atoms with Crippen molar-refractivity contribution >= 4 is 11.8 Å². The maximum absolute atomic E-state index is 4.50. The zero-order chi connectivity index (χ0) is 16.0. The Morgan fingerprint density at radius 1 is 0.909 bits per heavy atom. The van der Waals surface area contributed by atoms with Crippen molar-refractivity contribution in [2.75, 3.05) is 0 Å². The molecule has 0 fully saturated rings. The Morgan fingerprint density at radius 2 is 1.45 bits per heavy atom. The van der Waals surface area contributed by atoms with Gasteiger partial charge in [-0.2, -0.15) is 0 Å². The molecule has 1 heterocycles. The molecule has 0 amide bonds. The number of hydrogen-bond donors (Lipinski definition) is 0. The van der Waals surface area contributed by atoms with E-state index in [1.807, 2.05) is 18.0 Å². The largest absolute Gasteiger partial charge is 0.329 e. The highest BCUT2D eigenvalue weighted by molar-refractivity contribution is 7.99. The molecule has 0 saturated heterocycles. The minimum Gasteiger partial charge on any atom is -0.329 e. The van der Waals surface area contributed by atoms with E-state index in [4.69, 9.17) is 0 Å². The van der Waals surface area contributed by atoms with Crippen LogP contribution in [0.25, 0.3) is 0 Å². The van der Waals surface area contributed by atoms with Gasteiger partial charge in [0.1, 0.15) is 0 Å². The molecule has 0 radical (unpaired) electrons. The van der Waals surface area contributed by atoms with Crippen LogP contribution in [-0.4, -0.2) is 14.8 Å². The van der Waals surface area contributed by atoms with E-state index in [0.29, 0.717) is 0 Å². The van der Waals surface area contributed by atoms with Crippen LogP contribution in [-0.2, 0) is 7.05 Å². The van der Waals surface area contributed by atoms with Gasteiger partial charge < -0.3 is 4.57 Å². The molecule has 0 aromatic carbocycles. The zero-order valence-corrected chi connectivity index (χ0v) is 15.8. The minimum atomic E-state index is 0.754. The summed E-state index contributed by atoms with van der Waals surface area (Å²) >= 11 is 2.00. The fraction of sp³-hybridized carbons (Fsp3) is 0.842. The van der Waals surface area contributed by atoms with Crippen molar-refractivity contribution in [1.82, 2.24) is 9.55 Å². The van der Waals surface area contributed by atoms with Crippen molar-refractivity contribution in [1.29, 1.82) is 0 Å². The molecule has 22 heavy (non-hydrogen) atoms. The number of aryl methyl sites for hydroxylation is 1. The van der Waals surface area contributed by atoms with Crippen molar-refractivity contribution in [2.24, 2.45) is 7.05 Å². The molecule has 0 spiro atoms. The maximum atomic E-state index is 4.50. The SMILES string of the molecule is CCCCCCCC(CCCCCCC)Sc1nccn1C. The van der Waals surface area contributed by atoms with Gasteiger partial charge >= 0.3 is 0 Å². The fourth-order valence-corrected chi connectivity index (χ4v) is 4.04. The third kappa shape index (κ3) is 8.87. The van der Waals surface area contributed by atoms with E-state index >= 15 is 0 Å². The standard InChI is InChI=1S/C19H36N2S/c1-4-6-8-10-12-14-18(15-13-11-9-7-5-2)22-19-20-16-17-21(19)3/h16-18H,4-15H2,1-3H3. The Bertz CT molecular complexity index is 348. The normalized spacial score (nSPS) is 11.5. The Morgan fingerprint density at radius 3 is 1.91 bits per heavy atom. The monoisotopic (exact) mass is 324 g/mol. The minimum absolute atomic E-state index is 0.754. The van der Waals surface area contributed by atoms with Gasteiger partial charge in [0, 0.05) is 24.7 Å². The molecular formula is C19H36N2S. The predicted octanol–water partition coefficient (Wildman–Crippen LogP) is 6.60. The van der Waals surface area contributed by atoms with E-state index in [2.05, 4.69) is 36.6 Å². The molecule has 2 nitrogen and oxygen atoms in total. The highest BCUT2D eigenvalue weighted by atomic mass is 32.2. The van der Waals surface area contributed by atoms with E-state index in [-0.39, 0.29) is 0 Å². The Labute approximate surface area is 142 Å². The summed E-state index contributed by atoms with van der Waals surface area (Å²) in [5, 5.41) is 1.94. The molecule has 1 rings (SSSR count). The van der Waals surface area contributed by atoms with Gasteiger partial charge in [-0.1, -0.05) is 89.8 Å². The first-order chi connectivity index (χ1) is 10.8. The highest BCUT2D eigenvalue weighted by Crippen LogP contribution is 2.29. The number of thioether (sulfide) groups is 1. The second-order valence-corrected chi connectivity index (χ2v) is 7.73. The number of nitrogens with zero attached hydrogens (tertiary/aromatic N) is 2. The van der Waals surface area contributed by atoms with Gasteiger partial charge in [-0.15, -0.1) is 0 Å². The molecule has 0 atom stereocenters. The first-order valence-electron chi connectivity index (χ1n) is 9.41. The lowest BCUT2D eigenvalue weighted by Crippen LogP contribution is -2.05. The van der Waals surface area contributed by atoms with Crippen molar-refractivity contribution in [3.63, 3.8) is 0 Å². The summed E-state index contributed by atoms with van der Waals surface area (Å²) in [7, 11) is 2.11. The number of hydrogen-bond acceptors (Lipinski definition) is 2. The molecule has 1 aromatic rings. The van der Waals surface area contributed by atoms with Crippen molar-refractivity contribution in [3.05, 3.63) is 12.4 Å². The van der Waals surface area contributed by atoms with Crippen molar-refractivity contribution in [3.8, 4) is 0 Å². The first-order valence-corrected chi connectivity index (χ1v) is 10.3. The quantitative estimate of drug-likeness (QED) is 0.283.